The molecule has 0 spiro atoms. The molecule has 30 heavy (non-hydrogen) atoms. The molecular weight excluding hydrogens is 378 g/mol. The van der Waals surface area contributed by atoms with Gasteiger partial charge in [0, 0.05) is 13.1 Å². The molecule has 0 aromatic heterocycles. The van der Waals surface area contributed by atoms with Crippen molar-refractivity contribution in [3.8, 4) is 11.8 Å². The molecule has 1 saturated heterocycles. The highest BCUT2D eigenvalue weighted by atomic mass is 16.5. The minimum Gasteiger partial charge on any atom is -0.494 e. The van der Waals surface area contributed by atoms with Crippen LogP contribution in [0.3, 0.4) is 0 Å². The summed E-state index contributed by atoms with van der Waals surface area (Å²) in [6, 6.07) is 15.9. The van der Waals surface area contributed by atoms with E-state index in [1.165, 1.54) is 4.90 Å². The third kappa shape index (κ3) is 3.55. The predicted molar refractivity (Wildman–Crippen MR) is 114 cm³/mol. The fourth-order valence-electron chi connectivity index (χ4n) is 3.87. The van der Waals surface area contributed by atoms with E-state index in [1.807, 2.05) is 36.1 Å². The van der Waals surface area contributed by atoms with Crippen LogP contribution in [0, 0.1) is 11.3 Å². The summed E-state index contributed by atoms with van der Waals surface area (Å²) in [5.41, 5.74) is 2.54. The van der Waals surface area contributed by atoms with Crippen LogP contribution in [-0.4, -0.2) is 36.4 Å². The Bertz CT molecular complexity index is 1030. The Morgan fingerprint density at radius 3 is 2.23 bits per heavy atom. The molecular formula is C24H23N3O3. The van der Waals surface area contributed by atoms with E-state index in [0.717, 1.165) is 38.1 Å². The van der Waals surface area contributed by atoms with Gasteiger partial charge in [0.2, 0.25) is 0 Å². The van der Waals surface area contributed by atoms with Gasteiger partial charge in [0.05, 0.1) is 29.5 Å². The van der Waals surface area contributed by atoms with Crippen molar-refractivity contribution in [2.75, 3.05) is 24.6 Å². The molecule has 4 rings (SSSR count). The van der Waals surface area contributed by atoms with Crippen LogP contribution in [0.4, 0.5) is 5.69 Å². The van der Waals surface area contributed by atoms with Crippen LogP contribution in [-0.2, 0) is 9.59 Å². The van der Waals surface area contributed by atoms with Crippen molar-refractivity contribution in [1.82, 2.24) is 4.90 Å². The first kappa shape index (κ1) is 19.7. The molecule has 0 bridgehead atoms. The van der Waals surface area contributed by atoms with Gasteiger partial charge in [0.15, 0.2) is 0 Å². The molecule has 2 aromatic carbocycles. The lowest BCUT2D eigenvalue weighted by atomic mass is 10.0. The first-order valence-electron chi connectivity index (χ1n) is 10.3. The molecule has 0 unspecified atom stereocenters. The Morgan fingerprint density at radius 2 is 1.63 bits per heavy atom. The highest BCUT2D eigenvalue weighted by molar-refractivity contribution is 6.45. The van der Waals surface area contributed by atoms with E-state index < -0.39 is 0 Å². The largest absolute Gasteiger partial charge is 0.494 e. The summed E-state index contributed by atoms with van der Waals surface area (Å²) in [7, 11) is 0. The van der Waals surface area contributed by atoms with Crippen molar-refractivity contribution in [3.63, 3.8) is 0 Å². The lowest BCUT2D eigenvalue weighted by Gasteiger charge is -2.20. The average Bonchev–Trinajstić information content (AvgIpc) is 3.39. The van der Waals surface area contributed by atoms with Gasteiger partial charge in [-0.3, -0.25) is 9.59 Å². The third-order valence-corrected chi connectivity index (χ3v) is 5.35. The van der Waals surface area contributed by atoms with Crippen LogP contribution in [0.2, 0.25) is 0 Å². The molecule has 152 valence electrons. The van der Waals surface area contributed by atoms with Crippen molar-refractivity contribution >= 4 is 23.1 Å². The topological polar surface area (TPSA) is 73.6 Å². The Balaban J connectivity index is 1.73. The molecule has 0 atom stereocenters. The number of amides is 2. The van der Waals surface area contributed by atoms with Gasteiger partial charge >= 0.3 is 0 Å². The Labute approximate surface area is 176 Å². The van der Waals surface area contributed by atoms with E-state index in [1.54, 1.807) is 24.3 Å². The summed E-state index contributed by atoms with van der Waals surface area (Å²) in [6.07, 6.45) is 2.91. The van der Waals surface area contributed by atoms with Gasteiger partial charge in [0.25, 0.3) is 11.8 Å². The second-order valence-corrected chi connectivity index (χ2v) is 7.39. The van der Waals surface area contributed by atoms with E-state index in [2.05, 4.69) is 6.07 Å². The van der Waals surface area contributed by atoms with Crippen LogP contribution in [0.5, 0.6) is 5.75 Å². The van der Waals surface area contributed by atoms with Crippen LogP contribution in [0.1, 0.15) is 37.3 Å². The fourth-order valence-corrected chi connectivity index (χ4v) is 3.87. The minimum absolute atomic E-state index is 0.312. The predicted octanol–water partition coefficient (Wildman–Crippen LogP) is 3.73. The molecule has 2 aromatic rings. The van der Waals surface area contributed by atoms with Gasteiger partial charge in [0.1, 0.15) is 11.4 Å². The molecule has 1 fully saturated rings. The number of carbonyl (C=O) groups is 2. The molecule has 2 aliphatic heterocycles. The Hall–Kier alpha value is -3.59. The zero-order chi connectivity index (χ0) is 21.1. The van der Waals surface area contributed by atoms with Crippen molar-refractivity contribution in [1.29, 1.82) is 5.26 Å². The maximum absolute atomic E-state index is 13.4. The van der Waals surface area contributed by atoms with Crippen LogP contribution in [0.25, 0.3) is 5.57 Å². The number of rotatable bonds is 6. The number of ether oxygens (including phenoxy) is 1. The number of carbonyl (C=O) groups excluding carboxylic acids is 2. The number of likely N-dealkylation sites (tertiary alicyclic amines) is 1. The molecule has 0 aliphatic carbocycles. The van der Waals surface area contributed by atoms with Crippen molar-refractivity contribution < 1.29 is 14.3 Å². The first-order chi connectivity index (χ1) is 14.6. The molecule has 2 aliphatic rings. The first-order valence-corrected chi connectivity index (χ1v) is 10.3. The fraction of sp³-hybridized carbons (Fsp3) is 0.292. The Morgan fingerprint density at radius 1 is 0.967 bits per heavy atom. The summed E-state index contributed by atoms with van der Waals surface area (Å²) in [5, 5.41) is 9.03. The standard InChI is InChI=1S/C24H23N3O3/c1-2-15-30-20-11-7-18(8-12-20)21-22(26-13-3-4-14-26)24(29)27(23(21)28)19-9-5-17(16-25)6-10-19/h5-12H,2-4,13-15H2,1H3. The summed E-state index contributed by atoms with van der Waals surface area (Å²) in [6.45, 7) is 4.19. The monoisotopic (exact) mass is 401 g/mol. The molecule has 0 N–H and O–H groups in total. The quantitative estimate of drug-likeness (QED) is 0.690. The summed E-state index contributed by atoms with van der Waals surface area (Å²) in [5.74, 6) is 0.0893. The number of anilines is 1. The van der Waals surface area contributed by atoms with Crippen LogP contribution < -0.4 is 9.64 Å². The van der Waals surface area contributed by atoms with E-state index >= 15 is 0 Å². The average molecular weight is 401 g/mol. The normalized spacial score (nSPS) is 16.4. The molecule has 6 nitrogen and oxygen atoms in total. The smallest absolute Gasteiger partial charge is 0.282 e. The molecule has 0 radical (unpaired) electrons. The second kappa shape index (κ2) is 8.42. The summed E-state index contributed by atoms with van der Waals surface area (Å²) in [4.78, 5) is 30.0. The lowest BCUT2D eigenvalue weighted by Crippen LogP contribution is -2.34. The minimum atomic E-state index is -0.339. The maximum Gasteiger partial charge on any atom is 0.282 e. The van der Waals surface area contributed by atoms with Gasteiger partial charge in [-0.1, -0.05) is 19.1 Å². The van der Waals surface area contributed by atoms with Crippen molar-refractivity contribution in [3.05, 3.63) is 65.4 Å². The number of imide groups is 1. The number of hydrogen-bond donors (Lipinski definition) is 0. The number of benzene rings is 2. The van der Waals surface area contributed by atoms with E-state index in [4.69, 9.17) is 10.00 Å². The van der Waals surface area contributed by atoms with Crippen LogP contribution in [0.15, 0.2) is 54.2 Å². The van der Waals surface area contributed by atoms with Crippen LogP contribution >= 0.6 is 0 Å². The number of nitrogens with zero attached hydrogens (tertiary/aromatic N) is 3. The number of nitriles is 1. The van der Waals surface area contributed by atoms with E-state index in [9.17, 15) is 9.59 Å². The number of hydrogen-bond acceptors (Lipinski definition) is 5. The zero-order valence-electron chi connectivity index (χ0n) is 16.9. The molecule has 2 heterocycles. The molecule has 6 heteroatoms. The van der Waals surface area contributed by atoms with Gasteiger partial charge in [-0.25, -0.2) is 4.90 Å². The summed E-state index contributed by atoms with van der Waals surface area (Å²) >= 11 is 0. The third-order valence-electron chi connectivity index (χ3n) is 5.35. The molecule has 0 saturated carbocycles. The van der Waals surface area contributed by atoms with Crippen molar-refractivity contribution in [2.45, 2.75) is 26.2 Å². The Kier molecular flexibility index (Phi) is 5.53. The highest BCUT2D eigenvalue weighted by Gasteiger charge is 2.42. The maximum atomic E-state index is 13.4. The zero-order valence-corrected chi connectivity index (χ0v) is 16.9. The summed E-state index contributed by atoms with van der Waals surface area (Å²) < 4.78 is 5.64. The van der Waals surface area contributed by atoms with Gasteiger partial charge < -0.3 is 9.64 Å². The molecule has 2 amide bonds. The van der Waals surface area contributed by atoms with Gasteiger partial charge in [-0.2, -0.15) is 5.26 Å². The SMILES string of the molecule is CCCOc1ccc(C2=C(N3CCCC3)C(=O)N(c3ccc(C#N)cc3)C2=O)cc1. The lowest BCUT2D eigenvalue weighted by molar-refractivity contribution is -0.120. The second-order valence-electron chi connectivity index (χ2n) is 7.39. The highest BCUT2D eigenvalue weighted by Crippen LogP contribution is 2.36. The van der Waals surface area contributed by atoms with E-state index in [0.29, 0.717) is 34.7 Å². The van der Waals surface area contributed by atoms with Gasteiger partial charge in [-0.15, -0.1) is 0 Å². The van der Waals surface area contributed by atoms with E-state index in [-0.39, 0.29) is 11.8 Å². The van der Waals surface area contributed by atoms with Crippen molar-refractivity contribution in [2.24, 2.45) is 0 Å². The van der Waals surface area contributed by atoms with Gasteiger partial charge in [-0.05, 0) is 61.2 Å².